The van der Waals surface area contributed by atoms with Gasteiger partial charge in [-0.1, -0.05) is 0 Å². The van der Waals surface area contributed by atoms with E-state index in [-0.39, 0.29) is 5.91 Å². The van der Waals surface area contributed by atoms with Crippen molar-refractivity contribution >= 4 is 5.91 Å². The molecule has 1 fully saturated rings. The number of hydrogen-bond donors (Lipinski definition) is 1. The first-order valence-electron chi connectivity index (χ1n) is 4.82. The van der Waals surface area contributed by atoms with Gasteiger partial charge in [0.1, 0.15) is 6.26 Å². The third-order valence-corrected chi connectivity index (χ3v) is 2.42. The first kappa shape index (κ1) is 9.27. The Morgan fingerprint density at radius 3 is 3.21 bits per heavy atom. The lowest BCUT2D eigenvalue weighted by atomic mass is 10.2. The number of rotatable bonds is 1. The van der Waals surface area contributed by atoms with Crippen molar-refractivity contribution in [3.05, 3.63) is 24.2 Å². The molecule has 0 bridgehead atoms. The van der Waals surface area contributed by atoms with Crippen molar-refractivity contribution in [2.75, 3.05) is 19.6 Å². The van der Waals surface area contributed by atoms with Crippen molar-refractivity contribution in [1.29, 1.82) is 0 Å². The molecule has 1 saturated heterocycles. The van der Waals surface area contributed by atoms with Gasteiger partial charge in [0.05, 0.1) is 11.8 Å². The summed E-state index contributed by atoms with van der Waals surface area (Å²) in [5.74, 6) is 0.0621. The molecule has 1 atom stereocenters. The minimum Gasteiger partial charge on any atom is -0.472 e. The topological polar surface area (TPSA) is 45.5 Å². The van der Waals surface area contributed by atoms with Gasteiger partial charge in [0.2, 0.25) is 0 Å². The fraction of sp³-hybridized carbons (Fsp3) is 0.500. The number of carbonyl (C=O) groups is 1. The van der Waals surface area contributed by atoms with E-state index in [0.29, 0.717) is 11.6 Å². The fourth-order valence-electron chi connectivity index (χ4n) is 1.69. The van der Waals surface area contributed by atoms with Crippen molar-refractivity contribution in [2.45, 2.75) is 13.0 Å². The highest BCUT2D eigenvalue weighted by Crippen LogP contribution is 2.07. The summed E-state index contributed by atoms with van der Waals surface area (Å²) in [5.41, 5.74) is 0.638. The van der Waals surface area contributed by atoms with E-state index in [2.05, 4.69) is 12.2 Å². The first-order chi connectivity index (χ1) is 6.77. The second-order valence-corrected chi connectivity index (χ2v) is 3.62. The van der Waals surface area contributed by atoms with Gasteiger partial charge in [0, 0.05) is 25.7 Å². The summed E-state index contributed by atoms with van der Waals surface area (Å²) in [6.45, 7) is 4.48. The standard InChI is InChI=1S/C10H14N2O2/c1-8-6-12(4-3-11-8)10(13)9-2-5-14-7-9/h2,5,7-8,11H,3-4,6H2,1H3/t8-/m1/s1. The summed E-state index contributed by atoms with van der Waals surface area (Å²) in [4.78, 5) is 13.7. The Balaban J connectivity index is 2.04. The average molecular weight is 194 g/mol. The van der Waals surface area contributed by atoms with Crippen LogP contribution in [0.1, 0.15) is 17.3 Å². The van der Waals surface area contributed by atoms with Gasteiger partial charge in [-0.15, -0.1) is 0 Å². The molecule has 14 heavy (non-hydrogen) atoms. The van der Waals surface area contributed by atoms with Crippen molar-refractivity contribution in [1.82, 2.24) is 10.2 Å². The molecule has 1 N–H and O–H groups in total. The van der Waals surface area contributed by atoms with Crippen molar-refractivity contribution < 1.29 is 9.21 Å². The van der Waals surface area contributed by atoms with E-state index in [1.54, 1.807) is 6.07 Å². The Hall–Kier alpha value is -1.29. The smallest absolute Gasteiger partial charge is 0.257 e. The zero-order valence-corrected chi connectivity index (χ0v) is 8.19. The third-order valence-electron chi connectivity index (χ3n) is 2.42. The molecule has 0 unspecified atom stereocenters. The summed E-state index contributed by atoms with van der Waals surface area (Å²) in [6, 6.07) is 2.08. The third kappa shape index (κ3) is 1.80. The molecular formula is C10H14N2O2. The number of carbonyl (C=O) groups excluding carboxylic acids is 1. The van der Waals surface area contributed by atoms with E-state index in [0.717, 1.165) is 19.6 Å². The van der Waals surface area contributed by atoms with Crippen LogP contribution >= 0.6 is 0 Å². The largest absolute Gasteiger partial charge is 0.472 e. The lowest BCUT2D eigenvalue weighted by Gasteiger charge is -2.31. The lowest BCUT2D eigenvalue weighted by molar-refractivity contribution is 0.0708. The molecule has 4 heteroatoms. The van der Waals surface area contributed by atoms with Crippen LogP contribution in [-0.2, 0) is 0 Å². The molecule has 76 valence electrons. The van der Waals surface area contributed by atoms with Gasteiger partial charge in [0.25, 0.3) is 5.91 Å². The van der Waals surface area contributed by atoms with E-state index < -0.39 is 0 Å². The van der Waals surface area contributed by atoms with Crippen molar-refractivity contribution in [3.8, 4) is 0 Å². The molecule has 4 nitrogen and oxygen atoms in total. The Morgan fingerprint density at radius 2 is 2.57 bits per heavy atom. The maximum atomic E-state index is 11.8. The molecular weight excluding hydrogens is 180 g/mol. The van der Waals surface area contributed by atoms with Crippen LogP contribution in [0.4, 0.5) is 0 Å². The SMILES string of the molecule is C[C@@H]1CN(C(=O)c2ccoc2)CCN1. The molecule has 0 aromatic carbocycles. The van der Waals surface area contributed by atoms with Crippen LogP contribution in [-0.4, -0.2) is 36.5 Å². The lowest BCUT2D eigenvalue weighted by Crippen LogP contribution is -2.51. The van der Waals surface area contributed by atoms with Gasteiger partial charge in [-0.05, 0) is 13.0 Å². The molecule has 2 rings (SSSR count). The number of furan rings is 1. The fourth-order valence-corrected chi connectivity index (χ4v) is 1.69. The van der Waals surface area contributed by atoms with Crippen molar-refractivity contribution in [3.63, 3.8) is 0 Å². The number of piperazine rings is 1. The van der Waals surface area contributed by atoms with Crippen LogP contribution in [0.2, 0.25) is 0 Å². The van der Waals surface area contributed by atoms with E-state index in [4.69, 9.17) is 4.42 Å². The second-order valence-electron chi connectivity index (χ2n) is 3.62. The number of nitrogens with one attached hydrogen (secondary N) is 1. The maximum absolute atomic E-state index is 11.8. The van der Waals surface area contributed by atoms with E-state index >= 15 is 0 Å². The molecule has 1 amide bonds. The summed E-state index contributed by atoms with van der Waals surface area (Å²) in [5, 5.41) is 3.29. The average Bonchev–Trinajstić information content (AvgIpc) is 2.69. The molecule has 0 spiro atoms. The first-order valence-corrected chi connectivity index (χ1v) is 4.82. The normalized spacial score (nSPS) is 22.4. The number of nitrogens with zero attached hydrogens (tertiary/aromatic N) is 1. The molecule has 2 heterocycles. The summed E-state index contributed by atoms with van der Waals surface area (Å²) in [7, 11) is 0. The number of amides is 1. The molecule has 1 aliphatic heterocycles. The quantitative estimate of drug-likeness (QED) is 0.716. The minimum atomic E-state index is 0.0621. The molecule has 0 aliphatic carbocycles. The summed E-state index contributed by atoms with van der Waals surface area (Å²) >= 11 is 0. The second kappa shape index (κ2) is 3.84. The van der Waals surface area contributed by atoms with Crippen LogP contribution in [0.5, 0.6) is 0 Å². The van der Waals surface area contributed by atoms with Crippen LogP contribution in [0.15, 0.2) is 23.0 Å². The highest BCUT2D eigenvalue weighted by atomic mass is 16.3. The monoisotopic (exact) mass is 194 g/mol. The number of hydrogen-bond acceptors (Lipinski definition) is 3. The molecule has 1 aromatic heterocycles. The van der Waals surface area contributed by atoms with Gasteiger partial charge in [0.15, 0.2) is 0 Å². The van der Waals surface area contributed by atoms with Gasteiger partial charge >= 0.3 is 0 Å². The molecule has 1 aromatic rings. The highest BCUT2D eigenvalue weighted by molar-refractivity contribution is 5.93. The minimum absolute atomic E-state index is 0.0621. The predicted octanol–water partition coefficient (Wildman–Crippen LogP) is 0.714. The van der Waals surface area contributed by atoms with Crippen LogP contribution < -0.4 is 5.32 Å². The van der Waals surface area contributed by atoms with E-state index in [1.165, 1.54) is 12.5 Å². The maximum Gasteiger partial charge on any atom is 0.257 e. The van der Waals surface area contributed by atoms with Gasteiger partial charge < -0.3 is 14.6 Å². The Labute approximate surface area is 82.9 Å². The Kier molecular flexibility index (Phi) is 2.54. The zero-order chi connectivity index (χ0) is 9.97. The van der Waals surface area contributed by atoms with E-state index in [9.17, 15) is 4.79 Å². The highest BCUT2D eigenvalue weighted by Gasteiger charge is 2.21. The van der Waals surface area contributed by atoms with Gasteiger partial charge in [-0.25, -0.2) is 0 Å². The Bertz CT molecular complexity index is 308. The zero-order valence-electron chi connectivity index (χ0n) is 8.19. The molecule has 0 saturated carbocycles. The van der Waals surface area contributed by atoms with Gasteiger partial charge in [-0.3, -0.25) is 4.79 Å². The Morgan fingerprint density at radius 1 is 1.71 bits per heavy atom. The molecule has 1 aliphatic rings. The van der Waals surface area contributed by atoms with E-state index in [1.807, 2.05) is 4.90 Å². The van der Waals surface area contributed by atoms with Gasteiger partial charge in [-0.2, -0.15) is 0 Å². The molecule has 0 radical (unpaired) electrons. The summed E-state index contributed by atoms with van der Waals surface area (Å²) in [6.07, 6.45) is 3.02. The predicted molar refractivity (Wildman–Crippen MR) is 52.1 cm³/mol. The van der Waals surface area contributed by atoms with Crippen LogP contribution in [0.25, 0.3) is 0 Å². The van der Waals surface area contributed by atoms with Crippen LogP contribution in [0, 0.1) is 0 Å². The van der Waals surface area contributed by atoms with Crippen molar-refractivity contribution in [2.24, 2.45) is 0 Å². The van der Waals surface area contributed by atoms with Crippen LogP contribution in [0.3, 0.4) is 0 Å². The summed E-state index contributed by atoms with van der Waals surface area (Å²) < 4.78 is 4.89.